The second kappa shape index (κ2) is 4.38. The van der Waals surface area contributed by atoms with Crippen LogP contribution in [0.4, 0.5) is 0 Å². The van der Waals surface area contributed by atoms with Crippen LogP contribution >= 0.6 is 0 Å². The van der Waals surface area contributed by atoms with Gasteiger partial charge in [0.05, 0.1) is 5.70 Å². The van der Waals surface area contributed by atoms with E-state index in [4.69, 9.17) is 0 Å². The van der Waals surface area contributed by atoms with Gasteiger partial charge in [0, 0.05) is 6.21 Å². The molecule has 1 heterocycles. The summed E-state index contributed by atoms with van der Waals surface area (Å²) in [5, 5.41) is 0. The molecule has 1 aliphatic heterocycles. The molecule has 0 spiro atoms. The van der Waals surface area contributed by atoms with Crippen LogP contribution in [-0.4, -0.2) is 25.3 Å². The van der Waals surface area contributed by atoms with E-state index in [1.807, 2.05) is 25.2 Å². The second-order valence-electron chi connectivity index (χ2n) is 2.28. The molecule has 1 rings (SSSR count). The third-order valence-corrected chi connectivity index (χ3v) is 1.47. The van der Waals surface area contributed by atoms with Gasteiger partial charge in [-0.05, 0) is 19.7 Å². The van der Waals surface area contributed by atoms with E-state index >= 15 is 0 Å². The fourth-order valence-electron chi connectivity index (χ4n) is 0.861. The summed E-state index contributed by atoms with van der Waals surface area (Å²) >= 11 is 0. The molecule has 1 unspecified atom stereocenters. The number of allylic oxidation sites excluding steroid dienone is 3. The third-order valence-electron chi connectivity index (χ3n) is 1.47. The Bertz CT molecular complexity index is 259. The maximum absolute atomic E-state index is 4.08. The number of hydrogen-bond donors (Lipinski definition) is 0. The molecule has 0 fully saturated rings. The molecule has 12 heavy (non-hydrogen) atoms. The predicted octanol–water partition coefficient (Wildman–Crippen LogP) is 1.63. The molecule has 62 valence electrons. The van der Waals surface area contributed by atoms with Crippen molar-refractivity contribution in [2.24, 2.45) is 15.0 Å². The average Bonchev–Trinajstić information content (AvgIpc) is 2.59. The van der Waals surface area contributed by atoms with Gasteiger partial charge in [0.2, 0.25) is 0 Å². The second-order valence-corrected chi connectivity index (χ2v) is 2.28. The van der Waals surface area contributed by atoms with Crippen molar-refractivity contribution in [2.45, 2.75) is 13.0 Å². The smallest absolute Gasteiger partial charge is 0.129 e. The molecule has 0 aliphatic carbocycles. The summed E-state index contributed by atoms with van der Waals surface area (Å²) in [5.74, 6) is 0. The van der Waals surface area contributed by atoms with Crippen molar-refractivity contribution < 1.29 is 0 Å². The minimum Gasteiger partial charge on any atom is -0.266 e. The summed E-state index contributed by atoms with van der Waals surface area (Å²) in [7, 11) is 0. The van der Waals surface area contributed by atoms with Crippen molar-refractivity contribution in [3.63, 3.8) is 0 Å². The van der Waals surface area contributed by atoms with E-state index in [1.54, 1.807) is 6.21 Å². The summed E-state index contributed by atoms with van der Waals surface area (Å²) in [6.45, 7) is 5.42. The highest BCUT2D eigenvalue weighted by molar-refractivity contribution is 5.84. The summed E-state index contributed by atoms with van der Waals surface area (Å²) < 4.78 is 0. The van der Waals surface area contributed by atoms with Crippen LogP contribution < -0.4 is 0 Å². The Morgan fingerprint density at radius 1 is 1.67 bits per heavy atom. The first-order chi connectivity index (χ1) is 5.88. The Kier molecular flexibility index (Phi) is 3.14. The van der Waals surface area contributed by atoms with Gasteiger partial charge in [-0.25, -0.2) is 4.99 Å². The zero-order chi connectivity index (χ0) is 8.81. The van der Waals surface area contributed by atoms with E-state index in [1.165, 1.54) is 6.34 Å². The first kappa shape index (κ1) is 8.59. The zero-order valence-corrected chi connectivity index (χ0v) is 7.01. The Labute approximate surface area is 72.0 Å². The molecule has 0 N–H and O–H groups in total. The fraction of sp³-hybridized carbons (Fsp3) is 0.222. The number of rotatable bonds is 3. The molecule has 1 aliphatic rings. The van der Waals surface area contributed by atoms with Crippen LogP contribution in [0.3, 0.4) is 0 Å². The zero-order valence-electron chi connectivity index (χ0n) is 7.01. The highest BCUT2D eigenvalue weighted by Crippen LogP contribution is 2.08. The molecule has 0 radical (unpaired) electrons. The lowest BCUT2D eigenvalue weighted by atomic mass is 10.2. The van der Waals surface area contributed by atoms with E-state index < -0.39 is 0 Å². The Balaban J connectivity index is 2.74. The van der Waals surface area contributed by atoms with E-state index in [2.05, 4.69) is 21.7 Å². The van der Waals surface area contributed by atoms with Gasteiger partial charge >= 0.3 is 0 Å². The highest BCUT2D eigenvalue weighted by atomic mass is 15.0. The minimum absolute atomic E-state index is 0.0429. The van der Waals surface area contributed by atoms with Crippen LogP contribution in [0.25, 0.3) is 0 Å². The number of nitrogens with zero attached hydrogens (tertiary/aromatic N) is 3. The molecule has 0 aromatic carbocycles. The first-order valence-electron chi connectivity index (χ1n) is 3.73. The quantitative estimate of drug-likeness (QED) is 0.445. The molecule has 0 aromatic heterocycles. The molecular formula is C9H11N3. The lowest BCUT2D eigenvalue weighted by Gasteiger charge is -2.01. The molecule has 1 atom stereocenters. The van der Waals surface area contributed by atoms with Crippen LogP contribution in [0, 0.1) is 0 Å². The van der Waals surface area contributed by atoms with Crippen molar-refractivity contribution in [3.8, 4) is 0 Å². The molecule has 0 amide bonds. The molecule has 0 aromatic rings. The molecular weight excluding hydrogens is 150 g/mol. The molecule has 0 bridgehead atoms. The van der Waals surface area contributed by atoms with Gasteiger partial charge in [-0.2, -0.15) is 0 Å². The number of hydrogen-bond acceptors (Lipinski definition) is 3. The van der Waals surface area contributed by atoms with E-state index in [0.717, 1.165) is 5.70 Å². The summed E-state index contributed by atoms with van der Waals surface area (Å²) in [4.78, 5) is 11.8. The summed E-state index contributed by atoms with van der Waals surface area (Å²) in [6.07, 6.45) is 8.99. The largest absolute Gasteiger partial charge is 0.266 e. The van der Waals surface area contributed by atoms with Gasteiger partial charge in [0.1, 0.15) is 12.4 Å². The average molecular weight is 161 g/mol. The van der Waals surface area contributed by atoms with Gasteiger partial charge < -0.3 is 0 Å². The van der Waals surface area contributed by atoms with Crippen LogP contribution in [-0.2, 0) is 0 Å². The monoisotopic (exact) mass is 161 g/mol. The lowest BCUT2D eigenvalue weighted by molar-refractivity contribution is 1.02. The Morgan fingerprint density at radius 2 is 2.50 bits per heavy atom. The molecule has 0 saturated carbocycles. The number of aliphatic imine (C=N–C) groups is 3. The molecule has 3 heteroatoms. The Morgan fingerprint density at radius 3 is 3.00 bits per heavy atom. The van der Waals surface area contributed by atoms with Crippen molar-refractivity contribution in [3.05, 3.63) is 23.9 Å². The van der Waals surface area contributed by atoms with E-state index in [0.29, 0.717) is 0 Å². The van der Waals surface area contributed by atoms with Gasteiger partial charge in [-0.1, -0.05) is 12.2 Å². The van der Waals surface area contributed by atoms with Crippen molar-refractivity contribution in [1.29, 1.82) is 0 Å². The van der Waals surface area contributed by atoms with E-state index in [9.17, 15) is 0 Å². The first-order valence-corrected chi connectivity index (χ1v) is 3.73. The fourth-order valence-corrected chi connectivity index (χ4v) is 0.861. The standard InChI is InChI=1S/C9H11N3/c1-3-4-5-8(10-2)9-6-11-7-12-9/h3-7,9H,2H2,1H3/b4-3-,8-5-. The summed E-state index contributed by atoms with van der Waals surface area (Å²) in [6, 6.07) is -0.0429. The Hall–Kier alpha value is -1.51. The maximum atomic E-state index is 4.08. The highest BCUT2D eigenvalue weighted by Gasteiger charge is 2.09. The van der Waals surface area contributed by atoms with Crippen LogP contribution in [0.15, 0.2) is 38.9 Å². The van der Waals surface area contributed by atoms with Crippen LogP contribution in [0.2, 0.25) is 0 Å². The van der Waals surface area contributed by atoms with Crippen molar-refractivity contribution >= 4 is 19.3 Å². The van der Waals surface area contributed by atoms with Gasteiger partial charge in [-0.3, -0.25) is 9.98 Å². The lowest BCUT2D eigenvalue weighted by Crippen LogP contribution is -2.04. The molecule has 3 nitrogen and oxygen atoms in total. The predicted molar refractivity (Wildman–Crippen MR) is 53.2 cm³/mol. The third kappa shape index (κ3) is 1.99. The van der Waals surface area contributed by atoms with Crippen molar-refractivity contribution in [2.75, 3.05) is 0 Å². The van der Waals surface area contributed by atoms with E-state index in [-0.39, 0.29) is 6.04 Å². The van der Waals surface area contributed by atoms with Gasteiger partial charge in [-0.15, -0.1) is 0 Å². The van der Waals surface area contributed by atoms with Crippen molar-refractivity contribution in [1.82, 2.24) is 0 Å². The normalized spacial score (nSPS) is 22.4. The topological polar surface area (TPSA) is 37.1 Å². The summed E-state index contributed by atoms with van der Waals surface area (Å²) in [5.41, 5.74) is 0.825. The van der Waals surface area contributed by atoms with Gasteiger partial charge in [0.25, 0.3) is 0 Å². The minimum atomic E-state index is -0.0429. The SMILES string of the molecule is C=N/C(=C\C=C/C)C1C=NC=N1. The molecule has 0 saturated heterocycles. The van der Waals surface area contributed by atoms with Gasteiger partial charge in [0.15, 0.2) is 0 Å². The van der Waals surface area contributed by atoms with Crippen LogP contribution in [0.1, 0.15) is 6.92 Å². The van der Waals surface area contributed by atoms with Crippen LogP contribution in [0.5, 0.6) is 0 Å². The maximum Gasteiger partial charge on any atom is 0.129 e.